The summed E-state index contributed by atoms with van der Waals surface area (Å²) in [6.07, 6.45) is 4.12. The van der Waals surface area contributed by atoms with E-state index < -0.39 is 17.4 Å². The van der Waals surface area contributed by atoms with E-state index in [0.29, 0.717) is 0 Å². The Kier molecular flexibility index (Phi) is 20.4. The summed E-state index contributed by atoms with van der Waals surface area (Å²) in [5.74, 6) is 0. The van der Waals surface area contributed by atoms with Gasteiger partial charge in [-0.05, 0) is 0 Å². The average Bonchev–Trinajstić information content (AvgIpc) is 1.91. The number of rotatable bonds is 4. The first-order chi connectivity index (χ1) is 4.83. The van der Waals surface area contributed by atoms with Crippen LogP contribution in [0.3, 0.4) is 0 Å². The molecule has 0 amide bonds. The Morgan fingerprint density at radius 3 is 2.40 bits per heavy atom. The molecule has 0 unspecified atom stereocenters. The van der Waals surface area contributed by atoms with Crippen molar-refractivity contribution < 1.29 is 27.3 Å². The van der Waals surface area contributed by atoms with E-state index in [1.165, 1.54) is 24.3 Å². The minimum Gasteiger partial charge on any atom is -0.483 e. The smallest absolute Gasteiger partial charge is 0.290 e. The van der Waals surface area contributed by atoms with Crippen LogP contribution in [0.15, 0.2) is 0 Å². The number of hydrogen-bond acceptors (Lipinski definition) is 2. The van der Waals surface area contributed by atoms with Crippen LogP contribution in [0.5, 0.6) is 0 Å². The van der Waals surface area contributed by atoms with Crippen molar-refractivity contribution in [3.8, 4) is 0 Å². The van der Waals surface area contributed by atoms with Gasteiger partial charge in [0.25, 0.3) is 6.47 Å². The molecule has 0 saturated heterocycles. The van der Waals surface area contributed by atoms with Crippen LogP contribution in [0.4, 0.5) is 0 Å². The van der Waals surface area contributed by atoms with Crippen LogP contribution in [0, 0.1) is 0 Å². The maximum atomic E-state index is 8.36. The maximum absolute atomic E-state index is 8.36. The SMILES string of the molecule is CCCC[CH2][Zn][NH2].O=CO. The van der Waals surface area contributed by atoms with Crippen LogP contribution >= 0.6 is 0 Å². The molecule has 0 fully saturated rings. The first kappa shape index (κ1) is 12.7. The van der Waals surface area contributed by atoms with Gasteiger partial charge in [0, 0.05) is 0 Å². The first-order valence-corrected chi connectivity index (χ1v) is 7.42. The molecule has 4 heteroatoms. The monoisotopic (exact) mass is 197 g/mol. The van der Waals surface area contributed by atoms with Gasteiger partial charge in [0.05, 0.1) is 0 Å². The molecule has 0 aliphatic rings. The summed E-state index contributed by atoms with van der Waals surface area (Å²) in [5.41, 5.74) is 0. The number of nitrogens with two attached hydrogens (primary N) is 1. The quantitative estimate of drug-likeness (QED) is 0.406. The second-order valence-electron chi connectivity index (χ2n) is 1.95. The number of unbranched alkanes of at least 4 members (excludes halogenated alkanes) is 2. The second kappa shape index (κ2) is 16.0. The van der Waals surface area contributed by atoms with E-state index >= 15 is 0 Å². The Labute approximate surface area is 69.8 Å². The molecule has 0 saturated carbocycles. The zero-order valence-electron chi connectivity index (χ0n) is 6.55. The van der Waals surface area contributed by atoms with Gasteiger partial charge in [-0.25, -0.2) is 0 Å². The van der Waals surface area contributed by atoms with E-state index in [1.54, 1.807) is 0 Å². The predicted molar refractivity (Wildman–Crippen MR) is 37.2 cm³/mol. The third-order valence-corrected chi connectivity index (χ3v) is 2.96. The van der Waals surface area contributed by atoms with Gasteiger partial charge in [0.1, 0.15) is 0 Å². The molecule has 10 heavy (non-hydrogen) atoms. The number of carbonyl (C=O) groups is 1. The summed E-state index contributed by atoms with van der Waals surface area (Å²) in [6, 6.07) is 0. The van der Waals surface area contributed by atoms with Gasteiger partial charge in [0.15, 0.2) is 0 Å². The van der Waals surface area contributed by atoms with Crippen molar-refractivity contribution in [2.75, 3.05) is 0 Å². The summed E-state index contributed by atoms with van der Waals surface area (Å²) in [6.45, 7) is 1.98. The van der Waals surface area contributed by atoms with E-state index in [9.17, 15) is 0 Å². The third-order valence-electron chi connectivity index (χ3n) is 1.06. The van der Waals surface area contributed by atoms with Gasteiger partial charge < -0.3 is 5.11 Å². The fraction of sp³-hybridized carbons (Fsp3) is 0.833. The molecule has 58 valence electrons. The Balaban J connectivity index is 0. The van der Waals surface area contributed by atoms with Crippen LogP contribution in [-0.2, 0) is 22.2 Å². The molecule has 0 spiro atoms. The van der Waals surface area contributed by atoms with Gasteiger partial charge in [0.2, 0.25) is 0 Å². The molecule has 0 aromatic rings. The van der Waals surface area contributed by atoms with Crippen LogP contribution in [-0.4, -0.2) is 11.6 Å². The Hall–Kier alpha value is 0.0534. The first-order valence-electron chi connectivity index (χ1n) is 3.61. The van der Waals surface area contributed by atoms with Crippen molar-refractivity contribution in [2.24, 2.45) is 4.48 Å². The van der Waals surface area contributed by atoms with E-state index in [0.717, 1.165) is 0 Å². The third kappa shape index (κ3) is 24.4. The molecule has 0 aromatic heterocycles. The van der Waals surface area contributed by atoms with E-state index in [2.05, 4.69) is 6.92 Å². The predicted octanol–water partition coefficient (Wildman–Crippen LogP) is 1.25. The van der Waals surface area contributed by atoms with E-state index in [-0.39, 0.29) is 6.47 Å². The molecule has 0 aliphatic carbocycles. The molecular formula is C6H15NO2Zn. The zero-order chi connectivity index (χ0) is 8.24. The summed E-state index contributed by atoms with van der Waals surface area (Å²) in [7, 11) is 0. The Morgan fingerprint density at radius 2 is 2.10 bits per heavy atom. The van der Waals surface area contributed by atoms with Crippen LogP contribution in [0.25, 0.3) is 0 Å². The summed E-state index contributed by atoms with van der Waals surface area (Å²) < 4.78 is 5.46. The van der Waals surface area contributed by atoms with Crippen molar-refractivity contribution in [3.05, 3.63) is 0 Å². The van der Waals surface area contributed by atoms with Gasteiger partial charge in [-0.15, -0.1) is 0 Å². The largest absolute Gasteiger partial charge is 0.483 e. The van der Waals surface area contributed by atoms with Crippen molar-refractivity contribution in [2.45, 2.75) is 31.2 Å². The van der Waals surface area contributed by atoms with Gasteiger partial charge in [-0.3, -0.25) is 4.79 Å². The Bertz CT molecular complexity index is 57.7. The molecular weight excluding hydrogens is 183 g/mol. The van der Waals surface area contributed by atoms with E-state index in [4.69, 9.17) is 14.4 Å². The minimum atomic E-state index is -0.445. The zero-order valence-corrected chi connectivity index (χ0v) is 9.51. The minimum absolute atomic E-state index is 0.250. The standard InChI is InChI=1S/C5H11.CH2O2.H2N.Zn/c1-3-5-4-2;2-1-3;;/h1,3-5H2,2H3;1H,(H,2,3);1H2;/q;;-1;+1. The summed E-state index contributed by atoms with van der Waals surface area (Å²) >= 11 is -0.445. The van der Waals surface area contributed by atoms with E-state index in [1.807, 2.05) is 0 Å². The average molecular weight is 199 g/mol. The van der Waals surface area contributed by atoms with Crippen LogP contribution in [0.2, 0.25) is 5.02 Å². The van der Waals surface area contributed by atoms with Crippen molar-refractivity contribution in [1.29, 1.82) is 0 Å². The fourth-order valence-corrected chi connectivity index (χ4v) is 1.92. The van der Waals surface area contributed by atoms with Gasteiger partial charge in [-0.2, -0.15) is 0 Å². The normalized spacial score (nSPS) is 7.00. The summed E-state index contributed by atoms with van der Waals surface area (Å²) in [5, 5.41) is 8.28. The van der Waals surface area contributed by atoms with Gasteiger partial charge in [-0.1, -0.05) is 0 Å². The molecule has 0 aromatic carbocycles. The topological polar surface area (TPSA) is 63.3 Å². The molecule has 0 rings (SSSR count). The Morgan fingerprint density at radius 1 is 1.60 bits per heavy atom. The second-order valence-corrected chi connectivity index (χ2v) is 4.65. The van der Waals surface area contributed by atoms with Crippen LogP contribution < -0.4 is 4.48 Å². The fourth-order valence-electron chi connectivity index (χ4n) is 0.571. The van der Waals surface area contributed by atoms with Crippen molar-refractivity contribution >= 4 is 6.47 Å². The molecule has 0 bridgehead atoms. The molecule has 0 atom stereocenters. The molecule has 0 aliphatic heterocycles. The van der Waals surface area contributed by atoms with Crippen LogP contribution in [0.1, 0.15) is 26.2 Å². The number of hydrogen-bond donors (Lipinski definition) is 2. The number of carboxylic acid groups (broad SMARTS) is 1. The maximum Gasteiger partial charge on any atom is 0.290 e. The molecule has 0 heterocycles. The van der Waals surface area contributed by atoms with Crippen molar-refractivity contribution in [1.82, 2.24) is 0 Å². The molecule has 3 nitrogen and oxygen atoms in total. The molecule has 0 radical (unpaired) electrons. The van der Waals surface area contributed by atoms with Crippen molar-refractivity contribution in [3.63, 3.8) is 0 Å². The molecule has 3 N–H and O–H groups in total. The summed E-state index contributed by atoms with van der Waals surface area (Å²) in [4.78, 5) is 8.36. The van der Waals surface area contributed by atoms with Gasteiger partial charge >= 0.3 is 53.0 Å².